The van der Waals surface area contributed by atoms with Gasteiger partial charge in [-0.1, -0.05) is 0 Å². The molecular formula is C19H22N4O4. The van der Waals surface area contributed by atoms with Gasteiger partial charge >= 0.3 is 5.97 Å². The molecule has 0 unspecified atom stereocenters. The highest BCUT2D eigenvalue weighted by atomic mass is 16.5. The number of carbonyl (C=O) groups excluding carboxylic acids is 3. The molecule has 1 aliphatic heterocycles. The number of aromatic nitrogens is 2. The van der Waals surface area contributed by atoms with Gasteiger partial charge in [0.05, 0.1) is 11.8 Å². The minimum absolute atomic E-state index is 0.0858. The van der Waals surface area contributed by atoms with Crippen molar-refractivity contribution in [2.24, 2.45) is 0 Å². The molecule has 1 aromatic carbocycles. The van der Waals surface area contributed by atoms with Crippen LogP contribution in [0.3, 0.4) is 0 Å². The summed E-state index contributed by atoms with van der Waals surface area (Å²) in [6.45, 7) is 4.19. The number of carbonyl (C=O) groups is 3. The average Bonchev–Trinajstić information content (AvgIpc) is 3.28. The average molecular weight is 370 g/mol. The van der Waals surface area contributed by atoms with Crippen LogP contribution in [-0.2, 0) is 14.3 Å². The second-order valence-electron chi connectivity index (χ2n) is 6.57. The van der Waals surface area contributed by atoms with Gasteiger partial charge in [-0.2, -0.15) is 5.10 Å². The first-order valence-corrected chi connectivity index (χ1v) is 8.86. The van der Waals surface area contributed by atoms with Gasteiger partial charge in [0.25, 0.3) is 5.91 Å². The number of hydrogen-bond acceptors (Lipinski definition) is 5. The van der Waals surface area contributed by atoms with Crippen LogP contribution < -0.4 is 10.2 Å². The van der Waals surface area contributed by atoms with Gasteiger partial charge in [-0.05, 0) is 44.5 Å². The molecule has 27 heavy (non-hydrogen) atoms. The predicted molar refractivity (Wildman–Crippen MR) is 99.6 cm³/mol. The molecule has 2 amide bonds. The molecule has 0 spiro atoms. The van der Waals surface area contributed by atoms with E-state index in [0.717, 1.165) is 12.1 Å². The molecule has 8 nitrogen and oxygen atoms in total. The minimum atomic E-state index is -0.596. The molecule has 1 N–H and O–H groups in total. The molecule has 0 saturated carbocycles. The third-order valence-electron chi connectivity index (χ3n) is 4.25. The Balaban J connectivity index is 1.53. The van der Waals surface area contributed by atoms with Gasteiger partial charge in [-0.15, -0.1) is 0 Å². The maximum atomic E-state index is 12.1. The molecule has 0 atom stereocenters. The second kappa shape index (κ2) is 8.03. The number of ether oxygens (including phenoxy) is 1. The fourth-order valence-electron chi connectivity index (χ4n) is 2.92. The first-order chi connectivity index (χ1) is 13.0. The third kappa shape index (κ3) is 4.33. The Labute approximate surface area is 157 Å². The van der Waals surface area contributed by atoms with Crippen LogP contribution in [0.25, 0.3) is 0 Å². The van der Waals surface area contributed by atoms with Crippen LogP contribution in [0, 0.1) is 0 Å². The van der Waals surface area contributed by atoms with Crippen molar-refractivity contribution >= 4 is 29.3 Å². The summed E-state index contributed by atoms with van der Waals surface area (Å²) in [5.74, 6) is -0.403. The van der Waals surface area contributed by atoms with Crippen molar-refractivity contribution < 1.29 is 19.1 Å². The van der Waals surface area contributed by atoms with E-state index in [1.165, 1.54) is 0 Å². The van der Waals surface area contributed by atoms with Crippen LogP contribution in [0.15, 0.2) is 36.5 Å². The van der Waals surface area contributed by atoms with Gasteiger partial charge in [0.1, 0.15) is 5.82 Å². The van der Waals surface area contributed by atoms with Gasteiger partial charge in [0.2, 0.25) is 5.91 Å². The first kappa shape index (κ1) is 18.6. The summed E-state index contributed by atoms with van der Waals surface area (Å²) in [6, 6.07) is 8.38. The van der Waals surface area contributed by atoms with Gasteiger partial charge < -0.3 is 15.0 Å². The monoisotopic (exact) mass is 370 g/mol. The Morgan fingerprint density at radius 2 is 1.96 bits per heavy atom. The molecule has 0 radical (unpaired) electrons. The van der Waals surface area contributed by atoms with Crippen LogP contribution in [0.4, 0.5) is 11.5 Å². The highest BCUT2D eigenvalue weighted by molar-refractivity contribution is 5.97. The fourth-order valence-corrected chi connectivity index (χ4v) is 2.92. The summed E-state index contributed by atoms with van der Waals surface area (Å²) in [7, 11) is 0. The number of esters is 1. The Morgan fingerprint density at radius 3 is 2.59 bits per heavy atom. The van der Waals surface area contributed by atoms with Gasteiger partial charge in [0.15, 0.2) is 6.61 Å². The van der Waals surface area contributed by atoms with Crippen molar-refractivity contribution in [3.8, 4) is 0 Å². The Kier molecular flexibility index (Phi) is 5.54. The standard InChI is InChI=1S/C19H22N4O4/c1-13(2)23-16(9-10-20-23)21-17(24)12-27-19(26)14-5-7-15(8-6-14)22-11-3-4-18(22)25/h5-10,13H,3-4,11-12H2,1-2H3,(H,21,24). The minimum Gasteiger partial charge on any atom is -0.452 e. The molecule has 1 aromatic heterocycles. The predicted octanol–water partition coefficient (Wildman–Crippen LogP) is 2.39. The van der Waals surface area contributed by atoms with Gasteiger partial charge in [-0.3, -0.25) is 9.59 Å². The van der Waals surface area contributed by atoms with E-state index < -0.39 is 18.5 Å². The van der Waals surface area contributed by atoms with Crippen LogP contribution >= 0.6 is 0 Å². The first-order valence-electron chi connectivity index (χ1n) is 8.86. The topological polar surface area (TPSA) is 93.5 Å². The summed E-state index contributed by atoms with van der Waals surface area (Å²) in [5.41, 5.74) is 1.08. The van der Waals surface area contributed by atoms with Crippen molar-refractivity contribution in [2.75, 3.05) is 23.4 Å². The van der Waals surface area contributed by atoms with Crippen LogP contribution in [0.1, 0.15) is 43.1 Å². The Morgan fingerprint density at radius 1 is 1.22 bits per heavy atom. The number of amides is 2. The number of nitrogens with one attached hydrogen (secondary N) is 1. The number of nitrogens with zero attached hydrogens (tertiary/aromatic N) is 3. The number of hydrogen-bond donors (Lipinski definition) is 1. The molecule has 142 valence electrons. The fraction of sp³-hybridized carbons (Fsp3) is 0.368. The highest BCUT2D eigenvalue weighted by Gasteiger charge is 2.22. The van der Waals surface area contributed by atoms with Crippen molar-refractivity contribution in [1.82, 2.24) is 9.78 Å². The Hall–Kier alpha value is -3.16. The number of anilines is 2. The highest BCUT2D eigenvalue weighted by Crippen LogP contribution is 2.21. The molecule has 0 aliphatic carbocycles. The van der Waals surface area contributed by atoms with E-state index in [1.807, 2.05) is 13.8 Å². The molecule has 3 rings (SSSR count). The molecule has 2 heterocycles. The zero-order valence-electron chi connectivity index (χ0n) is 15.3. The van der Waals surface area contributed by atoms with Gasteiger partial charge in [-0.25, -0.2) is 9.48 Å². The van der Waals surface area contributed by atoms with Crippen molar-refractivity contribution in [3.05, 3.63) is 42.1 Å². The van der Waals surface area contributed by atoms with Crippen LogP contribution in [0.5, 0.6) is 0 Å². The molecular weight excluding hydrogens is 348 g/mol. The zero-order valence-corrected chi connectivity index (χ0v) is 15.3. The summed E-state index contributed by atoms with van der Waals surface area (Å²) in [6.07, 6.45) is 2.98. The van der Waals surface area contributed by atoms with E-state index in [4.69, 9.17) is 4.74 Å². The van der Waals surface area contributed by atoms with E-state index in [9.17, 15) is 14.4 Å². The van der Waals surface area contributed by atoms with Crippen molar-refractivity contribution in [1.29, 1.82) is 0 Å². The van der Waals surface area contributed by atoms with E-state index >= 15 is 0 Å². The molecule has 1 saturated heterocycles. The lowest BCUT2D eigenvalue weighted by Crippen LogP contribution is -2.24. The van der Waals surface area contributed by atoms with E-state index in [1.54, 1.807) is 46.1 Å². The zero-order chi connectivity index (χ0) is 19.4. The third-order valence-corrected chi connectivity index (χ3v) is 4.25. The van der Waals surface area contributed by atoms with Crippen molar-refractivity contribution in [2.45, 2.75) is 32.7 Å². The molecule has 0 bridgehead atoms. The van der Waals surface area contributed by atoms with Crippen LogP contribution in [-0.4, -0.2) is 40.7 Å². The van der Waals surface area contributed by atoms with E-state index in [2.05, 4.69) is 10.4 Å². The second-order valence-corrected chi connectivity index (χ2v) is 6.57. The lowest BCUT2D eigenvalue weighted by molar-refractivity contribution is -0.119. The SMILES string of the molecule is CC(C)n1nccc1NC(=O)COC(=O)c1ccc(N2CCCC2=O)cc1. The number of rotatable bonds is 6. The van der Waals surface area contributed by atoms with Crippen LogP contribution in [0.2, 0.25) is 0 Å². The van der Waals surface area contributed by atoms with Crippen molar-refractivity contribution in [3.63, 3.8) is 0 Å². The van der Waals surface area contributed by atoms with Gasteiger partial charge in [0, 0.05) is 30.8 Å². The smallest absolute Gasteiger partial charge is 0.338 e. The lowest BCUT2D eigenvalue weighted by atomic mass is 10.2. The number of benzene rings is 1. The van der Waals surface area contributed by atoms with E-state index in [0.29, 0.717) is 24.3 Å². The molecule has 1 aliphatic rings. The summed E-state index contributed by atoms with van der Waals surface area (Å²) >= 11 is 0. The lowest BCUT2D eigenvalue weighted by Gasteiger charge is -2.15. The maximum absolute atomic E-state index is 12.1. The molecule has 2 aromatic rings. The molecule has 8 heteroatoms. The summed E-state index contributed by atoms with van der Waals surface area (Å²) in [4.78, 5) is 37.6. The quantitative estimate of drug-likeness (QED) is 0.788. The molecule has 1 fully saturated rings. The normalized spacial score (nSPS) is 13.9. The largest absolute Gasteiger partial charge is 0.452 e. The maximum Gasteiger partial charge on any atom is 0.338 e. The Bertz CT molecular complexity index is 842. The van der Waals surface area contributed by atoms with E-state index in [-0.39, 0.29) is 11.9 Å². The summed E-state index contributed by atoms with van der Waals surface area (Å²) in [5, 5.41) is 6.79. The summed E-state index contributed by atoms with van der Waals surface area (Å²) < 4.78 is 6.73.